The van der Waals surface area contributed by atoms with Gasteiger partial charge >= 0.3 is 5.97 Å². The van der Waals surface area contributed by atoms with E-state index >= 15 is 0 Å². The summed E-state index contributed by atoms with van der Waals surface area (Å²) in [5.74, 6) is 0.380. The van der Waals surface area contributed by atoms with Crippen LogP contribution in [0.2, 0.25) is 0 Å². The molecule has 3 heteroatoms. The molecule has 88 valence electrons. The van der Waals surface area contributed by atoms with Gasteiger partial charge in [0.2, 0.25) is 0 Å². The van der Waals surface area contributed by atoms with Gasteiger partial charge in [0.15, 0.2) is 0 Å². The highest BCUT2D eigenvalue weighted by molar-refractivity contribution is 5.71. The summed E-state index contributed by atoms with van der Waals surface area (Å²) in [4.78, 5) is 11.0. The Hall–Kier alpha value is -1.35. The van der Waals surface area contributed by atoms with Gasteiger partial charge in [-0.1, -0.05) is 19.1 Å². The molecule has 3 nitrogen and oxygen atoms in total. The Labute approximate surface area is 96.1 Å². The Morgan fingerprint density at radius 3 is 2.50 bits per heavy atom. The van der Waals surface area contributed by atoms with E-state index in [0.29, 0.717) is 12.2 Å². The number of carbonyl (C=O) groups excluding carboxylic acids is 1. The molecule has 1 rings (SSSR count). The summed E-state index contributed by atoms with van der Waals surface area (Å²) in [6, 6.07) is 7.52. The Morgan fingerprint density at radius 1 is 1.25 bits per heavy atom. The van der Waals surface area contributed by atoms with E-state index in [1.165, 1.54) is 5.56 Å². The minimum absolute atomic E-state index is 0.215. The smallest absolute Gasteiger partial charge is 0.310 e. The van der Waals surface area contributed by atoms with Crippen molar-refractivity contribution in [1.82, 2.24) is 0 Å². The number of aryl methyl sites for hydroxylation is 1. The lowest BCUT2D eigenvalue weighted by atomic mass is 10.1. The zero-order valence-corrected chi connectivity index (χ0v) is 9.61. The van der Waals surface area contributed by atoms with Crippen LogP contribution in [0.15, 0.2) is 24.3 Å². The third-order valence-electron chi connectivity index (χ3n) is 2.32. The van der Waals surface area contributed by atoms with Gasteiger partial charge in [-0.2, -0.15) is 0 Å². The van der Waals surface area contributed by atoms with Crippen LogP contribution in [0, 0.1) is 0 Å². The Kier molecular flexibility index (Phi) is 5.57. The first kappa shape index (κ1) is 12.7. The third-order valence-corrected chi connectivity index (χ3v) is 2.32. The van der Waals surface area contributed by atoms with E-state index in [1.54, 1.807) is 6.92 Å². The molecule has 0 amide bonds. The predicted molar refractivity (Wildman–Crippen MR) is 62.4 cm³/mol. The molecular weight excluding hydrogens is 204 g/mol. The number of unbranched alkanes of at least 4 members (excludes halogenated alkanes) is 1. The van der Waals surface area contributed by atoms with E-state index < -0.39 is 0 Å². The standard InChI is InChI=1S/C13H18O3/c1-2-13(15)16-12-8-6-11(7-9-12)5-3-4-10-14/h6-9,14H,2-5,10H2,1H3. The van der Waals surface area contributed by atoms with Crippen molar-refractivity contribution in [2.75, 3.05) is 6.61 Å². The second kappa shape index (κ2) is 7.01. The molecule has 0 saturated carbocycles. The van der Waals surface area contributed by atoms with E-state index in [2.05, 4.69) is 0 Å². The molecule has 16 heavy (non-hydrogen) atoms. The molecule has 0 bridgehead atoms. The SMILES string of the molecule is CCC(=O)Oc1ccc(CCCCO)cc1. The fourth-order valence-corrected chi connectivity index (χ4v) is 1.37. The van der Waals surface area contributed by atoms with E-state index in [4.69, 9.17) is 9.84 Å². The number of esters is 1. The van der Waals surface area contributed by atoms with Gasteiger partial charge in [0, 0.05) is 13.0 Å². The molecular formula is C13H18O3. The topological polar surface area (TPSA) is 46.5 Å². The van der Waals surface area contributed by atoms with Crippen LogP contribution in [0.4, 0.5) is 0 Å². The van der Waals surface area contributed by atoms with Crippen LogP contribution in [0.25, 0.3) is 0 Å². The van der Waals surface area contributed by atoms with Crippen molar-refractivity contribution in [2.24, 2.45) is 0 Å². The minimum Gasteiger partial charge on any atom is -0.427 e. The fourth-order valence-electron chi connectivity index (χ4n) is 1.37. The molecule has 1 aromatic carbocycles. The number of ether oxygens (including phenoxy) is 1. The van der Waals surface area contributed by atoms with Crippen LogP contribution < -0.4 is 4.74 Å². The van der Waals surface area contributed by atoms with Gasteiger partial charge in [0.1, 0.15) is 5.75 Å². The molecule has 0 radical (unpaired) electrons. The molecule has 0 aromatic heterocycles. The zero-order chi connectivity index (χ0) is 11.8. The van der Waals surface area contributed by atoms with Gasteiger partial charge in [-0.05, 0) is 37.0 Å². The second-order valence-corrected chi connectivity index (χ2v) is 3.65. The number of benzene rings is 1. The van der Waals surface area contributed by atoms with Crippen molar-refractivity contribution in [1.29, 1.82) is 0 Å². The van der Waals surface area contributed by atoms with Crippen LogP contribution in [0.3, 0.4) is 0 Å². The maximum absolute atomic E-state index is 11.0. The van der Waals surface area contributed by atoms with Crippen molar-refractivity contribution in [3.63, 3.8) is 0 Å². The van der Waals surface area contributed by atoms with Crippen LogP contribution in [0.5, 0.6) is 5.75 Å². The predicted octanol–water partition coefficient (Wildman–Crippen LogP) is 2.32. The average molecular weight is 222 g/mol. The molecule has 0 heterocycles. The molecule has 0 aliphatic heterocycles. The molecule has 0 aliphatic carbocycles. The Balaban J connectivity index is 2.44. The number of hydrogen-bond donors (Lipinski definition) is 1. The molecule has 0 saturated heterocycles. The molecule has 0 unspecified atom stereocenters. The maximum Gasteiger partial charge on any atom is 0.310 e. The maximum atomic E-state index is 11.0. The summed E-state index contributed by atoms with van der Waals surface area (Å²) in [7, 11) is 0. The van der Waals surface area contributed by atoms with Crippen molar-refractivity contribution in [2.45, 2.75) is 32.6 Å². The normalized spacial score (nSPS) is 10.1. The second-order valence-electron chi connectivity index (χ2n) is 3.65. The van der Waals surface area contributed by atoms with Gasteiger partial charge in [0.05, 0.1) is 0 Å². The Morgan fingerprint density at radius 2 is 1.94 bits per heavy atom. The van der Waals surface area contributed by atoms with Crippen LogP contribution in [-0.2, 0) is 11.2 Å². The number of rotatable bonds is 6. The van der Waals surface area contributed by atoms with E-state index in [1.807, 2.05) is 24.3 Å². The Bertz CT molecular complexity index is 316. The first-order valence-corrected chi connectivity index (χ1v) is 5.66. The fraction of sp³-hybridized carbons (Fsp3) is 0.462. The van der Waals surface area contributed by atoms with Gasteiger partial charge in [-0.25, -0.2) is 0 Å². The molecule has 0 fully saturated rings. The summed E-state index contributed by atoms with van der Waals surface area (Å²) < 4.78 is 5.07. The first-order valence-electron chi connectivity index (χ1n) is 5.66. The summed E-state index contributed by atoms with van der Waals surface area (Å²) in [6.07, 6.45) is 3.14. The van der Waals surface area contributed by atoms with Gasteiger partial charge in [-0.15, -0.1) is 0 Å². The van der Waals surface area contributed by atoms with Gasteiger partial charge < -0.3 is 9.84 Å². The minimum atomic E-state index is -0.215. The quantitative estimate of drug-likeness (QED) is 0.456. The number of aliphatic hydroxyl groups excluding tert-OH is 1. The summed E-state index contributed by atoms with van der Waals surface area (Å²) in [6.45, 7) is 2.01. The van der Waals surface area contributed by atoms with Gasteiger partial charge in [0.25, 0.3) is 0 Å². The van der Waals surface area contributed by atoms with Crippen molar-refractivity contribution in [3.05, 3.63) is 29.8 Å². The number of hydrogen-bond acceptors (Lipinski definition) is 3. The van der Waals surface area contributed by atoms with Crippen molar-refractivity contribution < 1.29 is 14.6 Å². The number of carbonyl (C=O) groups is 1. The van der Waals surface area contributed by atoms with Crippen LogP contribution >= 0.6 is 0 Å². The average Bonchev–Trinajstić information content (AvgIpc) is 2.31. The zero-order valence-electron chi connectivity index (χ0n) is 9.61. The summed E-state index contributed by atoms with van der Waals surface area (Å²) in [5, 5.41) is 8.66. The summed E-state index contributed by atoms with van der Waals surface area (Å²) in [5.41, 5.74) is 1.20. The summed E-state index contributed by atoms with van der Waals surface area (Å²) >= 11 is 0. The van der Waals surface area contributed by atoms with E-state index in [0.717, 1.165) is 19.3 Å². The number of aliphatic hydroxyl groups is 1. The van der Waals surface area contributed by atoms with E-state index in [-0.39, 0.29) is 12.6 Å². The molecule has 1 aromatic rings. The molecule has 1 N–H and O–H groups in total. The highest BCUT2D eigenvalue weighted by atomic mass is 16.5. The lowest BCUT2D eigenvalue weighted by Gasteiger charge is -2.04. The molecule has 0 atom stereocenters. The third kappa shape index (κ3) is 4.45. The monoisotopic (exact) mass is 222 g/mol. The van der Waals surface area contributed by atoms with Crippen LogP contribution in [0.1, 0.15) is 31.7 Å². The highest BCUT2D eigenvalue weighted by Crippen LogP contribution is 2.14. The molecule has 0 spiro atoms. The largest absolute Gasteiger partial charge is 0.427 e. The lowest BCUT2D eigenvalue weighted by molar-refractivity contribution is -0.134. The van der Waals surface area contributed by atoms with Gasteiger partial charge in [-0.3, -0.25) is 4.79 Å². The van der Waals surface area contributed by atoms with Crippen molar-refractivity contribution >= 4 is 5.97 Å². The first-order chi connectivity index (χ1) is 7.76. The van der Waals surface area contributed by atoms with E-state index in [9.17, 15) is 4.79 Å². The lowest BCUT2D eigenvalue weighted by Crippen LogP contribution is -2.05. The highest BCUT2D eigenvalue weighted by Gasteiger charge is 2.01. The van der Waals surface area contributed by atoms with Crippen molar-refractivity contribution in [3.8, 4) is 5.75 Å². The van der Waals surface area contributed by atoms with Crippen LogP contribution in [-0.4, -0.2) is 17.7 Å². The molecule has 0 aliphatic rings.